The number of rotatable bonds is 3. The summed E-state index contributed by atoms with van der Waals surface area (Å²) in [4.78, 5) is 0. The monoisotopic (exact) mass is 217 g/mol. The molecular weight excluding hydrogens is 205 g/mol. The minimum atomic E-state index is -4.63. The van der Waals surface area contributed by atoms with Gasteiger partial charge < -0.3 is 4.74 Å². The Bertz CT molecular complexity index is 318. The highest BCUT2D eigenvalue weighted by Gasteiger charge is 2.31. The van der Waals surface area contributed by atoms with E-state index < -0.39 is 6.36 Å². The molecule has 0 atom stereocenters. The fourth-order valence-electron chi connectivity index (χ4n) is 1.26. The van der Waals surface area contributed by atoms with Crippen LogP contribution in [0.4, 0.5) is 13.2 Å². The van der Waals surface area contributed by atoms with Gasteiger partial charge in [-0.3, -0.25) is 0 Å². The van der Waals surface area contributed by atoms with Crippen LogP contribution in [0.3, 0.4) is 0 Å². The minimum absolute atomic E-state index is 0.119. The Morgan fingerprint density at radius 2 is 1.80 bits per heavy atom. The second-order valence-corrected chi connectivity index (χ2v) is 3.54. The van der Waals surface area contributed by atoms with Crippen LogP contribution in [0.2, 0.25) is 0 Å². The third kappa shape index (κ3) is 4.23. The smallest absolute Gasteiger partial charge is 0.406 e. The summed E-state index contributed by atoms with van der Waals surface area (Å²) in [7, 11) is 0. The molecule has 0 unspecified atom stereocenters. The molecule has 1 aromatic carbocycles. The van der Waals surface area contributed by atoms with Crippen molar-refractivity contribution in [1.29, 1.82) is 0 Å². The van der Waals surface area contributed by atoms with Crippen LogP contribution in [0.15, 0.2) is 24.3 Å². The number of hydrogen-bond acceptors (Lipinski definition) is 1. The van der Waals surface area contributed by atoms with Gasteiger partial charge in [0.1, 0.15) is 5.75 Å². The molecule has 0 saturated carbocycles. The zero-order chi connectivity index (χ0) is 11.5. The van der Waals surface area contributed by atoms with Crippen molar-refractivity contribution in [3.8, 4) is 5.75 Å². The molecule has 0 aromatic heterocycles. The van der Waals surface area contributed by atoms with Crippen LogP contribution < -0.4 is 4.74 Å². The Balaban J connectivity index is 2.86. The molecule has 0 N–H and O–H groups in total. The summed E-state index contributed by atoms with van der Waals surface area (Å²) in [6, 6.07) is 6.18. The first kappa shape index (κ1) is 11.9. The standard InChI is InChI=1S/C11H12F3O/c1-8(2)7-9-5-3-4-6-10(9)15-11(12,13)14/h3-6H,7H2,1-2H3. The van der Waals surface area contributed by atoms with Gasteiger partial charge in [-0.05, 0) is 24.0 Å². The molecule has 1 radical (unpaired) electrons. The van der Waals surface area contributed by atoms with Crippen LogP contribution in [-0.2, 0) is 6.42 Å². The van der Waals surface area contributed by atoms with Crippen molar-refractivity contribution in [2.24, 2.45) is 0 Å². The van der Waals surface area contributed by atoms with Gasteiger partial charge >= 0.3 is 6.36 Å². The van der Waals surface area contributed by atoms with E-state index in [-0.39, 0.29) is 5.75 Å². The molecule has 1 rings (SSSR count). The Morgan fingerprint density at radius 3 is 2.33 bits per heavy atom. The lowest BCUT2D eigenvalue weighted by molar-refractivity contribution is -0.274. The first-order chi connectivity index (χ1) is 6.88. The van der Waals surface area contributed by atoms with E-state index in [0.29, 0.717) is 12.0 Å². The first-order valence-corrected chi connectivity index (χ1v) is 4.51. The number of halogens is 3. The lowest BCUT2D eigenvalue weighted by Gasteiger charge is -2.13. The topological polar surface area (TPSA) is 9.23 Å². The van der Waals surface area contributed by atoms with Crippen molar-refractivity contribution in [2.75, 3.05) is 0 Å². The van der Waals surface area contributed by atoms with Gasteiger partial charge in [0.15, 0.2) is 0 Å². The molecule has 0 aliphatic heterocycles. The lowest BCUT2D eigenvalue weighted by Crippen LogP contribution is -2.18. The Hall–Kier alpha value is -1.19. The molecule has 0 spiro atoms. The zero-order valence-corrected chi connectivity index (χ0v) is 8.56. The van der Waals surface area contributed by atoms with E-state index >= 15 is 0 Å². The molecule has 0 fully saturated rings. The van der Waals surface area contributed by atoms with Gasteiger partial charge in [0.25, 0.3) is 0 Å². The Labute approximate surface area is 86.9 Å². The summed E-state index contributed by atoms with van der Waals surface area (Å²) < 4.78 is 40.0. The molecule has 4 heteroatoms. The van der Waals surface area contributed by atoms with Gasteiger partial charge in [-0.15, -0.1) is 13.2 Å². The van der Waals surface area contributed by atoms with Crippen molar-refractivity contribution < 1.29 is 17.9 Å². The summed E-state index contributed by atoms with van der Waals surface area (Å²) in [5.74, 6) is 0.916. The largest absolute Gasteiger partial charge is 0.573 e. The zero-order valence-electron chi connectivity index (χ0n) is 8.56. The number of ether oxygens (including phenoxy) is 1. The van der Waals surface area contributed by atoms with Crippen molar-refractivity contribution >= 4 is 0 Å². The average molecular weight is 217 g/mol. The van der Waals surface area contributed by atoms with Crippen molar-refractivity contribution in [3.63, 3.8) is 0 Å². The highest BCUT2D eigenvalue weighted by Crippen LogP contribution is 2.27. The summed E-state index contributed by atoms with van der Waals surface area (Å²) >= 11 is 0. The highest BCUT2D eigenvalue weighted by molar-refractivity contribution is 5.35. The molecule has 83 valence electrons. The molecule has 0 aliphatic rings. The van der Waals surface area contributed by atoms with Crippen LogP contribution in [0.25, 0.3) is 0 Å². The quantitative estimate of drug-likeness (QED) is 0.749. The number of alkyl halides is 3. The molecule has 0 saturated heterocycles. The second-order valence-electron chi connectivity index (χ2n) is 3.54. The maximum atomic E-state index is 12.0. The predicted molar refractivity (Wildman–Crippen MR) is 51.4 cm³/mol. The summed E-state index contributed by atoms with van der Waals surface area (Å²) in [6.07, 6.45) is -4.13. The van der Waals surface area contributed by atoms with Crippen molar-refractivity contribution in [2.45, 2.75) is 26.6 Å². The minimum Gasteiger partial charge on any atom is -0.406 e. The fourth-order valence-corrected chi connectivity index (χ4v) is 1.26. The molecule has 0 heterocycles. The molecule has 1 aromatic rings. The van der Waals surface area contributed by atoms with Crippen LogP contribution in [0.5, 0.6) is 5.75 Å². The second kappa shape index (κ2) is 4.55. The summed E-state index contributed by atoms with van der Waals surface area (Å²) in [6.45, 7) is 3.73. The van der Waals surface area contributed by atoms with Gasteiger partial charge in [0.05, 0.1) is 0 Å². The van der Waals surface area contributed by atoms with Crippen LogP contribution >= 0.6 is 0 Å². The molecule has 0 bridgehead atoms. The lowest BCUT2D eigenvalue weighted by atomic mass is 10.0. The van der Waals surface area contributed by atoms with E-state index in [0.717, 1.165) is 5.92 Å². The fraction of sp³-hybridized carbons (Fsp3) is 0.364. The number of para-hydroxylation sites is 1. The molecule has 1 nitrogen and oxygen atoms in total. The molecular formula is C11H12F3O. The van der Waals surface area contributed by atoms with Gasteiger partial charge in [0.2, 0.25) is 0 Å². The van der Waals surface area contributed by atoms with Crippen LogP contribution in [0, 0.1) is 5.92 Å². The molecule has 0 aliphatic carbocycles. The van der Waals surface area contributed by atoms with Crippen molar-refractivity contribution in [1.82, 2.24) is 0 Å². The van der Waals surface area contributed by atoms with Crippen LogP contribution in [-0.4, -0.2) is 6.36 Å². The van der Waals surface area contributed by atoms with E-state index in [1.54, 1.807) is 12.1 Å². The van der Waals surface area contributed by atoms with Gasteiger partial charge in [-0.25, -0.2) is 0 Å². The van der Waals surface area contributed by atoms with E-state index in [4.69, 9.17) is 0 Å². The number of benzene rings is 1. The Morgan fingerprint density at radius 1 is 1.20 bits per heavy atom. The first-order valence-electron chi connectivity index (χ1n) is 4.51. The third-order valence-electron chi connectivity index (χ3n) is 1.74. The van der Waals surface area contributed by atoms with Gasteiger partial charge in [-0.2, -0.15) is 0 Å². The maximum Gasteiger partial charge on any atom is 0.573 e. The third-order valence-corrected chi connectivity index (χ3v) is 1.74. The van der Waals surface area contributed by atoms with Crippen molar-refractivity contribution in [3.05, 3.63) is 35.7 Å². The summed E-state index contributed by atoms with van der Waals surface area (Å²) in [5, 5.41) is 0. The van der Waals surface area contributed by atoms with Gasteiger partial charge in [-0.1, -0.05) is 32.0 Å². The van der Waals surface area contributed by atoms with E-state index in [1.165, 1.54) is 12.1 Å². The summed E-state index contributed by atoms with van der Waals surface area (Å²) in [5.41, 5.74) is 0.551. The van der Waals surface area contributed by atoms with Gasteiger partial charge in [0, 0.05) is 0 Å². The number of hydrogen-bond donors (Lipinski definition) is 0. The average Bonchev–Trinajstić information content (AvgIpc) is 2.05. The molecule has 15 heavy (non-hydrogen) atoms. The van der Waals surface area contributed by atoms with Crippen LogP contribution in [0.1, 0.15) is 19.4 Å². The van der Waals surface area contributed by atoms with E-state index in [9.17, 15) is 13.2 Å². The highest BCUT2D eigenvalue weighted by atomic mass is 19.4. The van der Waals surface area contributed by atoms with E-state index in [2.05, 4.69) is 4.74 Å². The SMILES string of the molecule is C[C](C)Cc1ccccc1OC(F)(F)F. The Kier molecular flexibility index (Phi) is 3.61. The predicted octanol–water partition coefficient (Wildman–Crippen LogP) is 3.74. The maximum absolute atomic E-state index is 12.0. The molecule has 0 amide bonds. The van der Waals surface area contributed by atoms with E-state index in [1.807, 2.05) is 13.8 Å². The normalized spacial score (nSPS) is 11.9.